The zero-order valence-electron chi connectivity index (χ0n) is 12.1. The lowest BCUT2D eigenvalue weighted by molar-refractivity contribution is 0.1000. The first-order valence-corrected chi connectivity index (χ1v) is 7.68. The lowest BCUT2D eigenvalue weighted by atomic mass is 10.1. The Morgan fingerprint density at radius 3 is 2.63 bits per heavy atom. The first-order chi connectivity index (χ1) is 9.19. The number of halogens is 1. The Hall–Kier alpha value is -0.580. The molecule has 1 N–H and O–H groups in total. The molecule has 0 spiro atoms. The van der Waals surface area contributed by atoms with Crippen molar-refractivity contribution < 1.29 is 9.47 Å². The van der Waals surface area contributed by atoms with E-state index in [1.807, 2.05) is 0 Å². The summed E-state index contributed by atoms with van der Waals surface area (Å²) in [5, 5.41) is 3.34. The minimum atomic E-state index is 0.599. The second-order valence-corrected chi connectivity index (χ2v) is 5.37. The molecule has 0 aliphatic carbocycles. The van der Waals surface area contributed by atoms with E-state index in [1.165, 1.54) is 5.56 Å². The van der Waals surface area contributed by atoms with Crippen LogP contribution in [0.1, 0.15) is 31.4 Å². The summed E-state index contributed by atoms with van der Waals surface area (Å²) in [7, 11) is 0. The average Bonchev–Trinajstić information content (AvgIpc) is 2.38. The lowest BCUT2D eigenvalue weighted by Gasteiger charge is -2.15. The minimum absolute atomic E-state index is 0.599. The van der Waals surface area contributed by atoms with Crippen molar-refractivity contribution in [3.05, 3.63) is 27.7 Å². The molecule has 0 saturated heterocycles. The molecule has 0 aromatic heterocycles. The van der Waals surface area contributed by atoms with E-state index in [0.717, 1.165) is 41.9 Å². The Balaban J connectivity index is 2.63. The van der Waals surface area contributed by atoms with Gasteiger partial charge in [-0.15, -0.1) is 0 Å². The lowest BCUT2D eigenvalue weighted by Crippen LogP contribution is -2.15. The molecule has 0 radical (unpaired) electrons. The molecular weight excluding hydrogens is 306 g/mol. The molecule has 0 amide bonds. The van der Waals surface area contributed by atoms with Gasteiger partial charge in [-0.1, -0.05) is 29.8 Å². The van der Waals surface area contributed by atoms with E-state index in [9.17, 15) is 0 Å². The van der Waals surface area contributed by atoms with Gasteiger partial charge in [0, 0.05) is 23.2 Å². The van der Waals surface area contributed by atoms with Gasteiger partial charge in [-0.05, 0) is 37.6 Å². The number of rotatable bonds is 9. The van der Waals surface area contributed by atoms with Crippen molar-refractivity contribution in [2.45, 2.75) is 33.7 Å². The topological polar surface area (TPSA) is 30.5 Å². The van der Waals surface area contributed by atoms with Gasteiger partial charge in [0.05, 0.1) is 6.61 Å². The second-order valence-electron chi connectivity index (χ2n) is 4.45. The molecule has 1 aromatic rings. The van der Waals surface area contributed by atoms with Crippen LogP contribution in [-0.4, -0.2) is 26.4 Å². The number of hydrogen-bond acceptors (Lipinski definition) is 3. The predicted molar refractivity (Wildman–Crippen MR) is 82.9 cm³/mol. The van der Waals surface area contributed by atoms with Crippen molar-refractivity contribution in [2.75, 3.05) is 26.4 Å². The standard InChI is InChI=1S/C15H24BrNO2/c1-4-6-18-7-8-19-15-12(3)9-14(16)10-13(15)11-17-5-2/h9-10,17H,4-8,11H2,1-3H3. The molecule has 4 heteroatoms. The van der Waals surface area contributed by atoms with Gasteiger partial charge in [0.25, 0.3) is 0 Å². The summed E-state index contributed by atoms with van der Waals surface area (Å²) in [6.07, 6.45) is 1.04. The molecule has 0 bridgehead atoms. The van der Waals surface area contributed by atoms with Gasteiger partial charge < -0.3 is 14.8 Å². The normalized spacial score (nSPS) is 10.7. The second kappa shape index (κ2) is 9.34. The largest absolute Gasteiger partial charge is 0.491 e. The molecule has 0 aliphatic heterocycles. The van der Waals surface area contributed by atoms with Gasteiger partial charge in [-0.2, -0.15) is 0 Å². The van der Waals surface area contributed by atoms with Crippen LogP contribution in [-0.2, 0) is 11.3 Å². The summed E-state index contributed by atoms with van der Waals surface area (Å²) < 4.78 is 12.4. The highest BCUT2D eigenvalue weighted by atomic mass is 79.9. The average molecular weight is 330 g/mol. The van der Waals surface area contributed by atoms with Crippen LogP contribution in [0.2, 0.25) is 0 Å². The molecular formula is C15H24BrNO2. The van der Waals surface area contributed by atoms with Crippen LogP contribution < -0.4 is 10.1 Å². The number of aryl methyl sites for hydroxylation is 1. The summed E-state index contributed by atoms with van der Waals surface area (Å²) in [4.78, 5) is 0. The van der Waals surface area contributed by atoms with Crippen molar-refractivity contribution in [1.29, 1.82) is 0 Å². The Kier molecular flexibility index (Phi) is 8.10. The first-order valence-electron chi connectivity index (χ1n) is 6.89. The highest BCUT2D eigenvalue weighted by Gasteiger charge is 2.08. The molecule has 0 fully saturated rings. The zero-order valence-corrected chi connectivity index (χ0v) is 13.7. The number of ether oxygens (including phenoxy) is 2. The monoisotopic (exact) mass is 329 g/mol. The van der Waals surface area contributed by atoms with Crippen LogP contribution in [0.15, 0.2) is 16.6 Å². The molecule has 0 heterocycles. The van der Waals surface area contributed by atoms with E-state index >= 15 is 0 Å². The van der Waals surface area contributed by atoms with Crippen LogP contribution in [0, 0.1) is 6.92 Å². The molecule has 0 atom stereocenters. The first kappa shape index (κ1) is 16.5. The molecule has 3 nitrogen and oxygen atoms in total. The van der Waals surface area contributed by atoms with Crippen molar-refractivity contribution >= 4 is 15.9 Å². The fraction of sp³-hybridized carbons (Fsp3) is 0.600. The third kappa shape index (κ3) is 5.93. The van der Waals surface area contributed by atoms with Crippen LogP contribution in [0.5, 0.6) is 5.75 Å². The smallest absolute Gasteiger partial charge is 0.126 e. The summed E-state index contributed by atoms with van der Waals surface area (Å²) in [6, 6.07) is 4.19. The number of hydrogen-bond donors (Lipinski definition) is 1. The van der Waals surface area contributed by atoms with Crippen molar-refractivity contribution in [3.8, 4) is 5.75 Å². The quantitative estimate of drug-likeness (QED) is 0.701. The maximum Gasteiger partial charge on any atom is 0.126 e. The van der Waals surface area contributed by atoms with Crippen LogP contribution in [0.3, 0.4) is 0 Å². The van der Waals surface area contributed by atoms with Crippen molar-refractivity contribution in [3.63, 3.8) is 0 Å². The summed E-state index contributed by atoms with van der Waals surface area (Å²) in [5.41, 5.74) is 2.34. The van der Waals surface area contributed by atoms with E-state index in [0.29, 0.717) is 13.2 Å². The van der Waals surface area contributed by atoms with E-state index < -0.39 is 0 Å². The number of nitrogens with one attached hydrogen (secondary N) is 1. The highest BCUT2D eigenvalue weighted by Crippen LogP contribution is 2.28. The van der Waals surface area contributed by atoms with Gasteiger partial charge in [0.15, 0.2) is 0 Å². The molecule has 0 saturated carbocycles. The van der Waals surface area contributed by atoms with Gasteiger partial charge in [0.2, 0.25) is 0 Å². The summed E-state index contributed by atoms with van der Waals surface area (Å²) >= 11 is 3.53. The van der Waals surface area contributed by atoms with Gasteiger partial charge >= 0.3 is 0 Å². The molecule has 0 aliphatic rings. The summed E-state index contributed by atoms with van der Waals surface area (Å²) in [5.74, 6) is 0.976. The van der Waals surface area contributed by atoms with Gasteiger partial charge in [-0.3, -0.25) is 0 Å². The maximum atomic E-state index is 5.88. The minimum Gasteiger partial charge on any atom is -0.491 e. The molecule has 1 aromatic carbocycles. The van der Waals surface area contributed by atoms with E-state index in [1.54, 1.807) is 0 Å². The maximum absolute atomic E-state index is 5.88. The summed E-state index contributed by atoms with van der Waals surface area (Å²) in [6.45, 7) is 10.1. The highest BCUT2D eigenvalue weighted by molar-refractivity contribution is 9.10. The third-order valence-corrected chi connectivity index (χ3v) is 3.16. The van der Waals surface area contributed by atoms with Crippen LogP contribution in [0.25, 0.3) is 0 Å². The van der Waals surface area contributed by atoms with Crippen LogP contribution >= 0.6 is 15.9 Å². The Morgan fingerprint density at radius 2 is 1.95 bits per heavy atom. The van der Waals surface area contributed by atoms with E-state index in [4.69, 9.17) is 9.47 Å². The van der Waals surface area contributed by atoms with Crippen LogP contribution in [0.4, 0.5) is 0 Å². The molecule has 0 unspecified atom stereocenters. The third-order valence-electron chi connectivity index (χ3n) is 2.70. The van der Waals surface area contributed by atoms with Crippen molar-refractivity contribution in [2.24, 2.45) is 0 Å². The fourth-order valence-electron chi connectivity index (χ4n) is 1.85. The Morgan fingerprint density at radius 1 is 1.16 bits per heavy atom. The van der Waals surface area contributed by atoms with Gasteiger partial charge in [-0.25, -0.2) is 0 Å². The Labute approximate surface area is 124 Å². The molecule has 19 heavy (non-hydrogen) atoms. The van der Waals surface area contributed by atoms with E-state index in [2.05, 4.69) is 54.2 Å². The molecule has 108 valence electrons. The van der Waals surface area contributed by atoms with E-state index in [-0.39, 0.29) is 0 Å². The van der Waals surface area contributed by atoms with Gasteiger partial charge in [0.1, 0.15) is 12.4 Å². The molecule has 1 rings (SSSR count). The Bertz CT molecular complexity index is 383. The zero-order chi connectivity index (χ0) is 14.1. The van der Waals surface area contributed by atoms with Crippen molar-refractivity contribution in [1.82, 2.24) is 5.32 Å². The number of benzene rings is 1. The SMILES string of the molecule is CCCOCCOc1c(C)cc(Br)cc1CNCC. The fourth-order valence-corrected chi connectivity index (χ4v) is 2.47. The predicted octanol–water partition coefficient (Wildman–Crippen LogP) is 3.67.